The molecule has 1 unspecified atom stereocenters. The summed E-state index contributed by atoms with van der Waals surface area (Å²) >= 11 is 0. The van der Waals surface area contributed by atoms with E-state index in [4.69, 9.17) is 4.74 Å². The molecule has 1 aromatic rings. The van der Waals surface area contributed by atoms with Crippen molar-refractivity contribution in [1.29, 1.82) is 0 Å². The maximum absolute atomic E-state index is 12.5. The topological polar surface area (TPSA) is 61.8 Å². The lowest BCUT2D eigenvalue weighted by molar-refractivity contribution is -0.222. The Kier molecular flexibility index (Phi) is 5.93. The number of urea groups is 1. The van der Waals surface area contributed by atoms with Gasteiger partial charge in [0.25, 0.3) is 0 Å². The fourth-order valence-corrected chi connectivity index (χ4v) is 2.82. The van der Waals surface area contributed by atoms with Crippen molar-refractivity contribution in [2.24, 2.45) is 5.92 Å². The van der Waals surface area contributed by atoms with Gasteiger partial charge in [0.05, 0.1) is 7.11 Å². The van der Waals surface area contributed by atoms with Gasteiger partial charge in [0.15, 0.2) is 6.10 Å². The molecule has 1 heterocycles. The van der Waals surface area contributed by atoms with Crippen LogP contribution in [0.3, 0.4) is 0 Å². The number of aliphatic hydroxyl groups is 1. The molecule has 1 fully saturated rings. The third-order valence-electron chi connectivity index (χ3n) is 4.23. The lowest BCUT2D eigenvalue weighted by atomic mass is 9.91. The van der Waals surface area contributed by atoms with Crippen LogP contribution in [0.4, 0.5) is 18.0 Å². The van der Waals surface area contributed by atoms with E-state index < -0.39 is 18.2 Å². The summed E-state index contributed by atoms with van der Waals surface area (Å²) in [7, 11) is 1.54. The largest absolute Gasteiger partial charge is 0.496 e. The van der Waals surface area contributed by atoms with Crippen molar-refractivity contribution in [3.8, 4) is 5.75 Å². The number of piperidine rings is 1. The number of rotatable bonds is 4. The normalized spacial score (nSPS) is 17.5. The Morgan fingerprint density at radius 3 is 2.58 bits per heavy atom. The number of ether oxygens (including phenoxy) is 1. The highest BCUT2D eigenvalue weighted by molar-refractivity contribution is 5.74. The van der Waals surface area contributed by atoms with Crippen molar-refractivity contribution in [2.45, 2.75) is 31.7 Å². The van der Waals surface area contributed by atoms with Gasteiger partial charge < -0.3 is 20.1 Å². The third-order valence-corrected chi connectivity index (χ3v) is 4.23. The smallest absolute Gasteiger partial charge is 0.414 e. The van der Waals surface area contributed by atoms with Crippen LogP contribution in [-0.4, -0.2) is 48.5 Å². The van der Waals surface area contributed by atoms with E-state index in [2.05, 4.69) is 5.32 Å². The van der Waals surface area contributed by atoms with Crippen LogP contribution < -0.4 is 10.1 Å². The summed E-state index contributed by atoms with van der Waals surface area (Å²) in [6, 6.07) is 6.92. The molecule has 1 aromatic carbocycles. The van der Waals surface area contributed by atoms with Crippen molar-refractivity contribution in [2.75, 3.05) is 20.2 Å². The number of hydrogen-bond acceptors (Lipinski definition) is 3. The SMILES string of the molecule is COc1ccccc1CNC(=O)N1CCC(C(O)C(F)(F)F)CC1. The molecule has 24 heavy (non-hydrogen) atoms. The summed E-state index contributed by atoms with van der Waals surface area (Å²) in [5.41, 5.74) is 0.815. The molecule has 0 aromatic heterocycles. The highest BCUT2D eigenvalue weighted by Gasteiger charge is 2.44. The maximum atomic E-state index is 12.5. The van der Waals surface area contributed by atoms with E-state index in [0.717, 1.165) is 5.56 Å². The molecule has 1 aliphatic rings. The van der Waals surface area contributed by atoms with E-state index in [9.17, 15) is 23.1 Å². The van der Waals surface area contributed by atoms with Crippen LogP contribution in [0.5, 0.6) is 5.75 Å². The molecule has 1 saturated heterocycles. The first kappa shape index (κ1) is 18.4. The first-order valence-electron chi connectivity index (χ1n) is 7.72. The van der Waals surface area contributed by atoms with Crippen LogP contribution in [0.2, 0.25) is 0 Å². The quantitative estimate of drug-likeness (QED) is 0.881. The van der Waals surface area contributed by atoms with Crippen LogP contribution in [-0.2, 0) is 6.54 Å². The molecule has 1 aliphatic heterocycles. The predicted molar refractivity (Wildman–Crippen MR) is 81.6 cm³/mol. The zero-order chi connectivity index (χ0) is 17.7. The maximum Gasteiger partial charge on any atom is 0.414 e. The summed E-state index contributed by atoms with van der Waals surface area (Å²) in [5.74, 6) is -0.201. The Labute approximate surface area is 138 Å². The minimum absolute atomic E-state index is 0.128. The molecule has 0 bridgehead atoms. The molecular weight excluding hydrogens is 325 g/mol. The summed E-state index contributed by atoms with van der Waals surface area (Å²) in [6.45, 7) is 0.652. The van der Waals surface area contributed by atoms with Gasteiger partial charge in [-0.15, -0.1) is 0 Å². The van der Waals surface area contributed by atoms with Crippen LogP contribution >= 0.6 is 0 Å². The second kappa shape index (κ2) is 7.74. The molecule has 1 atom stereocenters. The van der Waals surface area contributed by atoms with Crippen LogP contribution in [0, 0.1) is 5.92 Å². The third kappa shape index (κ3) is 4.53. The van der Waals surface area contributed by atoms with Gasteiger partial charge in [0.1, 0.15) is 5.75 Å². The van der Waals surface area contributed by atoms with Gasteiger partial charge in [-0.2, -0.15) is 13.2 Å². The van der Waals surface area contributed by atoms with Gasteiger partial charge in [-0.25, -0.2) is 4.79 Å². The van der Waals surface area contributed by atoms with Crippen molar-refractivity contribution in [1.82, 2.24) is 10.2 Å². The Morgan fingerprint density at radius 2 is 2.00 bits per heavy atom. The number of aliphatic hydroxyl groups excluding tert-OH is 1. The van der Waals surface area contributed by atoms with Gasteiger partial charge in [-0.05, 0) is 24.8 Å². The van der Waals surface area contributed by atoms with Gasteiger partial charge >= 0.3 is 12.2 Å². The molecule has 8 heteroatoms. The van der Waals surface area contributed by atoms with E-state index in [0.29, 0.717) is 5.75 Å². The van der Waals surface area contributed by atoms with Crippen molar-refractivity contribution >= 4 is 6.03 Å². The number of para-hydroxylation sites is 1. The number of carbonyl (C=O) groups is 1. The molecule has 134 valence electrons. The predicted octanol–water partition coefficient (Wildman–Crippen LogP) is 2.54. The zero-order valence-corrected chi connectivity index (χ0v) is 13.3. The minimum atomic E-state index is -4.61. The fraction of sp³-hybridized carbons (Fsp3) is 0.562. The average molecular weight is 346 g/mol. The second-order valence-corrected chi connectivity index (χ2v) is 5.78. The number of benzene rings is 1. The van der Waals surface area contributed by atoms with Crippen molar-refractivity contribution in [3.63, 3.8) is 0 Å². The number of amides is 2. The molecule has 0 saturated carbocycles. The second-order valence-electron chi connectivity index (χ2n) is 5.78. The molecule has 2 amide bonds. The van der Waals surface area contributed by atoms with Gasteiger partial charge in [0.2, 0.25) is 0 Å². The highest BCUT2D eigenvalue weighted by Crippen LogP contribution is 2.31. The lowest BCUT2D eigenvalue weighted by Crippen LogP contribution is -2.48. The molecule has 0 spiro atoms. The number of carbonyl (C=O) groups excluding carboxylic acids is 1. The van der Waals surface area contributed by atoms with E-state index in [1.165, 1.54) is 12.0 Å². The van der Waals surface area contributed by atoms with Gasteiger partial charge in [-0.3, -0.25) is 0 Å². The lowest BCUT2D eigenvalue weighted by Gasteiger charge is -2.34. The van der Waals surface area contributed by atoms with E-state index in [1.54, 1.807) is 6.07 Å². The molecule has 0 aliphatic carbocycles. The van der Waals surface area contributed by atoms with Gasteiger partial charge in [-0.1, -0.05) is 18.2 Å². The summed E-state index contributed by atoms with van der Waals surface area (Å²) < 4.78 is 42.7. The molecule has 2 rings (SSSR count). The summed E-state index contributed by atoms with van der Waals surface area (Å²) in [6.07, 6.45) is -6.68. The number of methoxy groups -OCH3 is 1. The number of likely N-dealkylation sites (tertiary alicyclic amines) is 1. The number of nitrogens with zero attached hydrogens (tertiary/aromatic N) is 1. The Hall–Kier alpha value is -1.96. The fourth-order valence-electron chi connectivity index (χ4n) is 2.82. The van der Waals surface area contributed by atoms with Crippen molar-refractivity contribution in [3.05, 3.63) is 29.8 Å². The Balaban J connectivity index is 1.83. The van der Waals surface area contributed by atoms with Crippen molar-refractivity contribution < 1.29 is 27.8 Å². The molecular formula is C16H21F3N2O3. The summed E-state index contributed by atoms with van der Waals surface area (Å²) in [5, 5.41) is 12.0. The highest BCUT2D eigenvalue weighted by atomic mass is 19.4. The number of nitrogens with one attached hydrogen (secondary N) is 1. The Morgan fingerprint density at radius 1 is 1.38 bits per heavy atom. The number of hydrogen-bond donors (Lipinski definition) is 2. The van der Waals surface area contributed by atoms with Crippen LogP contribution in [0.25, 0.3) is 0 Å². The Bertz CT molecular complexity index is 558. The van der Waals surface area contributed by atoms with E-state index in [-0.39, 0.29) is 38.5 Å². The van der Waals surface area contributed by atoms with Crippen LogP contribution in [0.1, 0.15) is 18.4 Å². The number of halogens is 3. The molecule has 0 radical (unpaired) electrons. The number of alkyl halides is 3. The van der Waals surface area contributed by atoms with E-state index >= 15 is 0 Å². The monoisotopic (exact) mass is 346 g/mol. The standard InChI is InChI=1S/C16H21F3N2O3/c1-24-13-5-3-2-4-12(13)10-20-15(23)21-8-6-11(7-9-21)14(22)16(17,18)19/h2-5,11,14,22H,6-10H2,1H3,(H,20,23). The summed E-state index contributed by atoms with van der Waals surface area (Å²) in [4.78, 5) is 13.6. The molecule has 2 N–H and O–H groups in total. The first-order chi connectivity index (χ1) is 11.3. The van der Waals surface area contributed by atoms with Gasteiger partial charge in [0, 0.05) is 25.2 Å². The zero-order valence-electron chi connectivity index (χ0n) is 13.3. The first-order valence-corrected chi connectivity index (χ1v) is 7.72. The van der Waals surface area contributed by atoms with E-state index in [1.807, 2.05) is 18.2 Å². The minimum Gasteiger partial charge on any atom is -0.496 e. The average Bonchev–Trinajstić information content (AvgIpc) is 2.58. The van der Waals surface area contributed by atoms with Crippen LogP contribution in [0.15, 0.2) is 24.3 Å². The molecule has 5 nitrogen and oxygen atoms in total.